The quantitative estimate of drug-likeness (QED) is 0.634. The molecule has 1 fully saturated rings. The summed E-state index contributed by atoms with van der Waals surface area (Å²) >= 11 is 0. The fraction of sp³-hybridized carbons (Fsp3) is 0.333. The zero-order valence-corrected chi connectivity index (χ0v) is 17.2. The number of para-hydroxylation sites is 1. The van der Waals surface area contributed by atoms with Crippen LogP contribution < -0.4 is 4.74 Å². The molecule has 1 amide bonds. The second-order valence-corrected chi connectivity index (χ2v) is 7.54. The lowest BCUT2D eigenvalue weighted by atomic mass is 10.1. The largest absolute Gasteiger partial charge is 0.497 e. The molecule has 0 radical (unpaired) electrons. The number of nitrogens with zero attached hydrogens (tertiary/aromatic N) is 4. The number of amides is 1. The van der Waals surface area contributed by atoms with Gasteiger partial charge in [0.1, 0.15) is 11.8 Å². The van der Waals surface area contributed by atoms with Crippen molar-refractivity contribution in [1.82, 2.24) is 14.4 Å². The minimum atomic E-state index is -0.306. The number of ether oxygens (including phenoxy) is 1. The highest BCUT2D eigenvalue weighted by Crippen LogP contribution is 2.24. The van der Waals surface area contributed by atoms with Crippen molar-refractivity contribution < 1.29 is 9.53 Å². The summed E-state index contributed by atoms with van der Waals surface area (Å²) in [6.07, 6.45) is 2.53. The van der Waals surface area contributed by atoms with Crippen LogP contribution >= 0.6 is 0 Å². The van der Waals surface area contributed by atoms with Gasteiger partial charge in [-0.05, 0) is 35.2 Å². The molecule has 3 aromatic rings. The number of aryl methyl sites for hydroxylation is 1. The molecular formula is C24H26N4O2. The summed E-state index contributed by atoms with van der Waals surface area (Å²) in [5, 5.41) is 10.9. The third-order valence-corrected chi connectivity index (χ3v) is 5.83. The maximum absolute atomic E-state index is 12.7. The van der Waals surface area contributed by atoms with Crippen LogP contribution in [-0.2, 0) is 11.3 Å². The van der Waals surface area contributed by atoms with Crippen molar-refractivity contribution in [1.29, 1.82) is 5.26 Å². The van der Waals surface area contributed by atoms with Crippen LogP contribution in [0.2, 0.25) is 0 Å². The second-order valence-electron chi connectivity index (χ2n) is 7.54. The Morgan fingerprint density at radius 3 is 2.50 bits per heavy atom. The molecule has 30 heavy (non-hydrogen) atoms. The summed E-state index contributed by atoms with van der Waals surface area (Å²) in [4.78, 5) is 16.8. The summed E-state index contributed by atoms with van der Waals surface area (Å²) in [7, 11) is 1.63. The smallest absolute Gasteiger partial charge is 0.224 e. The lowest BCUT2D eigenvalue weighted by Gasteiger charge is -2.37. The molecule has 1 unspecified atom stereocenters. The fourth-order valence-electron chi connectivity index (χ4n) is 4.09. The van der Waals surface area contributed by atoms with Gasteiger partial charge in [-0.2, -0.15) is 5.26 Å². The maximum atomic E-state index is 12.7. The number of hydrogen-bond donors (Lipinski definition) is 0. The third kappa shape index (κ3) is 4.17. The molecule has 0 bridgehead atoms. The van der Waals surface area contributed by atoms with E-state index in [0.29, 0.717) is 39.1 Å². The number of aromatic nitrogens is 1. The molecule has 2 heterocycles. The Morgan fingerprint density at radius 2 is 1.80 bits per heavy atom. The van der Waals surface area contributed by atoms with Gasteiger partial charge in [-0.1, -0.05) is 30.3 Å². The average Bonchev–Trinajstić information content (AvgIpc) is 3.22. The third-order valence-electron chi connectivity index (χ3n) is 5.83. The molecule has 0 aliphatic carbocycles. The van der Waals surface area contributed by atoms with Gasteiger partial charge in [-0.25, -0.2) is 0 Å². The molecule has 6 nitrogen and oxygen atoms in total. The van der Waals surface area contributed by atoms with Gasteiger partial charge < -0.3 is 14.2 Å². The van der Waals surface area contributed by atoms with Crippen LogP contribution in [0.4, 0.5) is 0 Å². The number of benzene rings is 2. The van der Waals surface area contributed by atoms with E-state index in [0.717, 1.165) is 16.8 Å². The topological polar surface area (TPSA) is 61.5 Å². The summed E-state index contributed by atoms with van der Waals surface area (Å²) in [5.74, 6) is 0.951. The van der Waals surface area contributed by atoms with Crippen molar-refractivity contribution >= 4 is 16.8 Å². The van der Waals surface area contributed by atoms with Crippen LogP contribution in [0.1, 0.15) is 18.0 Å². The van der Waals surface area contributed by atoms with Gasteiger partial charge in [0.25, 0.3) is 0 Å². The SMILES string of the molecule is COc1ccc(C(C#N)N2CCN(C(=O)CCn3ccc4ccccc43)CC2)cc1. The van der Waals surface area contributed by atoms with E-state index in [-0.39, 0.29) is 11.9 Å². The van der Waals surface area contributed by atoms with E-state index < -0.39 is 0 Å². The number of hydrogen-bond acceptors (Lipinski definition) is 4. The number of fused-ring (bicyclic) bond motifs is 1. The molecule has 0 spiro atoms. The fourth-order valence-corrected chi connectivity index (χ4v) is 4.09. The number of methoxy groups -OCH3 is 1. The highest BCUT2D eigenvalue weighted by atomic mass is 16.5. The van der Waals surface area contributed by atoms with Crippen molar-refractivity contribution in [3.8, 4) is 11.8 Å². The van der Waals surface area contributed by atoms with Crippen molar-refractivity contribution in [2.45, 2.75) is 19.0 Å². The summed E-state index contributed by atoms with van der Waals surface area (Å²) in [6.45, 7) is 3.38. The Morgan fingerprint density at radius 1 is 1.07 bits per heavy atom. The molecular weight excluding hydrogens is 376 g/mol. The molecule has 1 atom stereocenters. The molecule has 1 aliphatic rings. The lowest BCUT2D eigenvalue weighted by Crippen LogP contribution is -2.49. The van der Waals surface area contributed by atoms with E-state index in [1.807, 2.05) is 47.5 Å². The molecule has 2 aromatic carbocycles. The molecule has 1 aliphatic heterocycles. The average molecular weight is 402 g/mol. The number of piperazine rings is 1. The highest BCUT2D eigenvalue weighted by Gasteiger charge is 2.27. The Kier molecular flexibility index (Phi) is 6.01. The highest BCUT2D eigenvalue weighted by molar-refractivity contribution is 5.80. The second kappa shape index (κ2) is 9.02. The van der Waals surface area contributed by atoms with Crippen LogP contribution in [0.15, 0.2) is 60.8 Å². The van der Waals surface area contributed by atoms with E-state index in [1.165, 1.54) is 5.39 Å². The summed E-state index contributed by atoms with van der Waals surface area (Å²) < 4.78 is 7.34. The van der Waals surface area contributed by atoms with Gasteiger partial charge in [0.15, 0.2) is 0 Å². The van der Waals surface area contributed by atoms with Gasteiger partial charge >= 0.3 is 0 Å². The Bertz CT molecular complexity index is 1040. The van der Waals surface area contributed by atoms with E-state index in [2.05, 4.69) is 33.7 Å². The minimum absolute atomic E-state index is 0.172. The molecule has 0 N–H and O–H groups in total. The van der Waals surface area contributed by atoms with Crippen molar-refractivity contribution in [3.05, 3.63) is 66.4 Å². The number of rotatable bonds is 6. The van der Waals surface area contributed by atoms with Gasteiger partial charge in [-0.15, -0.1) is 0 Å². The first kappa shape index (κ1) is 20.0. The van der Waals surface area contributed by atoms with Crippen LogP contribution in [0, 0.1) is 11.3 Å². The van der Waals surface area contributed by atoms with Gasteiger partial charge in [0.2, 0.25) is 5.91 Å². The number of carbonyl (C=O) groups is 1. The summed E-state index contributed by atoms with van der Waals surface area (Å²) in [5.41, 5.74) is 2.11. The molecule has 1 saturated heterocycles. The molecule has 4 rings (SSSR count). The van der Waals surface area contributed by atoms with Gasteiger partial charge in [-0.3, -0.25) is 9.69 Å². The Labute approximate surface area is 176 Å². The Hall–Kier alpha value is -3.30. The van der Waals surface area contributed by atoms with Crippen molar-refractivity contribution in [2.75, 3.05) is 33.3 Å². The normalized spacial score (nSPS) is 15.7. The first-order chi connectivity index (χ1) is 14.7. The van der Waals surface area contributed by atoms with E-state index in [1.54, 1.807) is 7.11 Å². The molecule has 0 saturated carbocycles. The van der Waals surface area contributed by atoms with Crippen LogP contribution in [0.25, 0.3) is 10.9 Å². The zero-order chi connectivity index (χ0) is 20.9. The van der Waals surface area contributed by atoms with Crippen LogP contribution in [-0.4, -0.2) is 53.6 Å². The zero-order valence-electron chi connectivity index (χ0n) is 17.2. The minimum Gasteiger partial charge on any atom is -0.497 e. The lowest BCUT2D eigenvalue weighted by molar-refractivity contribution is -0.133. The van der Waals surface area contributed by atoms with E-state index >= 15 is 0 Å². The number of carbonyl (C=O) groups excluding carboxylic acids is 1. The predicted molar refractivity (Wildman–Crippen MR) is 116 cm³/mol. The Balaban J connectivity index is 1.32. The first-order valence-electron chi connectivity index (χ1n) is 10.3. The predicted octanol–water partition coefficient (Wildman–Crippen LogP) is 3.45. The van der Waals surface area contributed by atoms with Crippen molar-refractivity contribution in [2.24, 2.45) is 0 Å². The maximum Gasteiger partial charge on any atom is 0.224 e. The number of nitriles is 1. The first-order valence-corrected chi connectivity index (χ1v) is 10.3. The standard InChI is InChI=1S/C24H26N4O2/c1-30-21-8-6-20(7-9-21)23(18-25)27-14-16-28(17-15-27)24(29)11-13-26-12-10-19-4-2-3-5-22(19)26/h2-10,12,23H,11,13-17H2,1H3. The monoisotopic (exact) mass is 402 g/mol. The summed E-state index contributed by atoms with van der Waals surface area (Å²) in [6, 6.07) is 20.0. The van der Waals surface area contributed by atoms with E-state index in [9.17, 15) is 10.1 Å². The van der Waals surface area contributed by atoms with Crippen LogP contribution in [0.5, 0.6) is 5.75 Å². The van der Waals surface area contributed by atoms with E-state index in [4.69, 9.17) is 4.74 Å². The van der Waals surface area contributed by atoms with Crippen LogP contribution in [0.3, 0.4) is 0 Å². The van der Waals surface area contributed by atoms with Crippen molar-refractivity contribution in [3.63, 3.8) is 0 Å². The molecule has 1 aromatic heterocycles. The molecule has 154 valence electrons. The van der Waals surface area contributed by atoms with Gasteiger partial charge in [0.05, 0.1) is 13.2 Å². The van der Waals surface area contributed by atoms with Gasteiger partial charge in [0, 0.05) is 50.9 Å². The molecule has 6 heteroatoms.